The van der Waals surface area contributed by atoms with E-state index in [4.69, 9.17) is 25.3 Å². The van der Waals surface area contributed by atoms with Gasteiger partial charge >= 0.3 is 7.32 Å². The highest BCUT2D eigenvalue weighted by Gasteiger charge is 2.31. The topological polar surface area (TPSA) is 101 Å². The Balaban J connectivity index is 0. The Kier molecular flexibility index (Phi) is 9.84. The molecule has 0 atom stereocenters. The van der Waals surface area contributed by atoms with E-state index in [1.807, 2.05) is 0 Å². The largest absolute Gasteiger partial charge is 0.631 e. The van der Waals surface area contributed by atoms with Crippen molar-refractivity contribution in [3.05, 3.63) is 35.9 Å². The fourth-order valence-electron chi connectivity index (χ4n) is 0.938. The summed E-state index contributed by atoms with van der Waals surface area (Å²) in [5.41, 5.74) is -0.323. The van der Waals surface area contributed by atoms with Crippen molar-refractivity contribution >= 4 is 7.32 Å². The van der Waals surface area contributed by atoms with Gasteiger partial charge in [-0.2, -0.15) is 0 Å². The molecule has 0 saturated carbocycles. The van der Waals surface area contributed by atoms with Crippen molar-refractivity contribution in [2.45, 2.75) is 65.1 Å². The van der Waals surface area contributed by atoms with Gasteiger partial charge in [0.1, 0.15) is 0 Å². The van der Waals surface area contributed by atoms with Crippen LogP contribution < -0.4 is 0 Å². The molecule has 1 aromatic carbocycles. The molecule has 1 rings (SSSR count). The van der Waals surface area contributed by atoms with E-state index in [2.05, 4.69) is 51.1 Å². The van der Waals surface area contributed by atoms with Crippen molar-refractivity contribution in [3.8, 4) is 0 Å². The Bertz CT molecular complexity index is 371. The predicted octanol–water partition coefficient (Wildman–Crippen LogP) is 1.46. The minimum atomic E-state index is -2.17. The molecule has 0 fully saturated rings. The normalized spacial score (nSPS) is 11.6. The van der Waals surface area contributed by atoms with Gasteiger partial charge in [-0.1, -0.05) is 51.1 Å². The molecule has 0 unspecified atom stereocenters. The van der Waals surface area contributed by atoms with E-state index < -0.39 is 18.5 Å². The molecule has 1 aromatic rings. The van der Waals surface area contributed by atoms with Crippen LogP contribution in [0.15, 0.2) is 30.3 Å². The van der Waals surface area contributed by atoms with Gasteiger partial charge in [0.05, 0.1) is 11.2 Å². The molecule has 0 aliphatic heterocycles. The second-order valence-corrected chi connectivity index (χ2v) is 7.08. The fourth-order valence-corrected chi connectivity index (χ4v) is 0.938. The maximum atomic E-state index is 9.10. The lowest BCUT2D eigenvalue weighted by Crippen LogP contribution is -2.44. The van der Waals surface area contributed by atoms with Crippen LogP contribution in [-0.2, 0) is 5.41 Å². The first-order chi connectivity index (χ1) is 9.59. The number of benzene rings is 1. The zero-order chi connectivity index (χ0) is 18.2. The number of hydrogen-bond acceptors (Lipinski definition) is 5. The summed E-state index contributed by atoms with van der Waals surface area (Å²) < 4.78 is 0. The van der Waals surface area contributed by atoms with Crippen LogP contribution in [0.2, 0.25) is 0 Å². The minimum absolute atomic E-state index is 0.293. The lowest BCUT2D eigenvalue weighted by Gasteiger charge is -2.31. The molecule has 0 aromatic heterocycles. The van der Waals surface area contributed by atoms with Crippen LogP contribution in [0.5, 0.6) is 0 Å². The summed E-state index contributed by atoms with van der Waals surface area (Å²) in [6.45, 7) is 13.0. The summed E-state index contributed by atoms with van der Waals surface area (Å²) >= 11 is 0. The second-order valence-electron chi connectivity index (χ2n) is 7.08. The van der Waals surface area contributed by atoms with Crippen LogP contribution in [-0.4, -0.2) is 43.8 Å². The maximum absolute atomic E-state index is 9.10. The van der Waals surface area contributed by atoms with Gasteiger partial charge in [0, 0.05) is 0 Å². The summed E-state index contributed by atoms with van der Waals surface area (Å²) in [6.07, 6.45) is 0. The molecule has 0 aliphatic carbocycles. The Labute approximate surface area is 134 Å². The van der Waals surface area contributed by atoms with Crippen LogP contribution in [0, 0.1) is 0 Å². The molecule has 0 bridgehead atoms. The molecular formula is C16H31BO5. The van der Waals surface area contributed by atoms with Crippen molar-refractivity contribution < 1.29 is 25.3 Å². The fraction of sp³-hybridized carbons (Fsp3) is 0.625. The van der Waals surface area contributed by atoms with Crippen LogP contribution >= 0.6 is 0 Å². The standard InChI is InChI=1S/C10H14.C6H14O2.BH3O3/c1-10(2,3)9-7-5-4-6-8-9;1-5(2,7)6(3,4)8;2-1(3)4/h4-8H,1-3H3;7-8H,1-4H3;2-4H. The van der Waals surface area contributed by atoms with Crippen molar-refractivity contribution in [1.29, 1.82) is 0 Å². The van der Waals surface area contributed by atoms with E-state index in [1.165, 1.54) is 5.56 Å². The highest BCUT2D eigenvalue weighted by atomic mass is 16.5. The van der Waals surface area contributed by atoms with Crippen LogP contribution in [0.25, 0.3) is 0 Å². The first-order valence-electron chi connectivity index (χ1n) is 7.13. The lowest BCUT2D eigenvalue weighted by atomic mass is 9.87. The highest BCUT2D eigenvalue weighted by molar-refractivity contribution is 6.30. The van der Waals surface area contributed by atoms with Crippen molar-refractivity contribution in [3.63, 3.8) is 0 Å². The van der Waals surface area contributed by atoms with E-state index >= 15 is 0 Å². The van der Waals surface area contributed by atoms with E-state index in [-0.39, 0.29) is 0 Å². The molecule has 5 nitrogen and oxygen atoms in total. The first-order valence-corrected chi connectivity index (χ1v) is 7.13. The maximum Gasteiger partial charge on any atom is 0.631 e. The summed E-state index contributed by atoms with van der Waals surface area (Å²) in [4.78, 5) is 0. The van der Waals surface area contributed by atoms with E-state index in [9.17, 15) is 0 Å². The molecule has 128 valence electrons. The number of hydrogen-bond donors (Lipinski definition) is 5. The quantitative estimate of drug-likeness (QED) is 0.505. The van der Waals surface area contributed by atoms with Crippen molar-refractivity contribution in [1.82, 2.24) is 0 Å². The molecule has 0 radical (unpaired) electrons. The SMILES string of the molecule is CC(C)(C)c1ccccc1.CC(C)(O)C(C)(C)O.OB(O)O. The van der Waals surface area contributed by atoms with Gasteiger partial charge < -0.3 is 25.3 Å². The smallest absolute Gasteiger partial charge is 0.402 e. The monoisotopic (exact) mass is 314 g/mol. The molecule has 0 aliphatic rings. The molecular weight excluding hydrogens is 283 g/mol. The third kappa shape index (κ3) is 12.8. The van der Waals surface area contributed by atoms with Crippen LogP contribution in [0.4, 0.5) is 0 Å². The average molecular weight is 314 g/mol. The Morgan fingerprint density at radius 2 is 0.955 bits per heavy atom. The Morgan fingerprint density at radius 1 is 0.682 bits per heavy atom. The summed E-state index contributed by atoms with van der Waals surface area (Å²) in [5, 5.41) is 39.7. The molecule has 6 heteroatoms. The second kappa shape index (κ2) is 9.27. The van der Waals surface area contributed by atoms with Gasteiger partial charge in [0.15, 0.2) is 0 Å². The average Bonchev–Trinajstić information content (AvgIpc) is 2.26. The van der Waals surface area contributed by atoms with Gasteiger partial charge in [-0.15, -0.1) is 0 Å². The molecule has 5 N–H and O–H groups in total. The van der Waals surface area contributed by atoms with Gasteiger partial charge in [-0.25, -0.2) is 0 Å². The van der Waals surface area contributed by atoms with Gasteiger partial charge in [0.2, 0.25) is 0 Å². The summed E-state index contributed by atoms with van der Waals surface area (Å²) in [5.74, 6) is 0. The summed E-state index contributed by atoms with van der Waals surface area (Å²) in [6, 6.07) is 10.6. The molecule has 0 heterocycles. The zero-order valence-electron chi connectivity index (χ0n) is 14.7. The lowest BCUT2D eigenvalue weighted by molar-refractivity contribution is -0.107. The molecule has 22 heavy (non-hydrogen) atoms. The van der Waals surface area contributed by atoms with Crippen molar-refractivity contribution in [2.24, 2.45) is 0 Å². The van der Waals surface area contributed by atoms with Gasteiger partial charge in [0.25, 0.3) is 0 Å². The highest BCUT2D eigenvalue weighted by Crippen LogP contribution is 2.20. The summed E-state index contributed by atoms with van der Waals surface area (Å²) in [7, 11) is -2.17. The van der Waals surface area contributed by atoms with Gasteiger partial charge in [-0.05, 0) is 38.7 Å². The first kappa shape index (κ1) is 23.4. The molecule has 0 amide bonds. The van der Waals surface area contributed by atoms with Crippen LogP contribution in [0.1, 0.15) is 54.0 Å². The third-order valence-corrected chi connectivity index (χ3v) is 3.14. The number of aliphatic hydroxyl groups is 2. The van der Waals surface area contributed by atoms with Crippen LogP contribution in [0.3, 0.4) is 0 Å². The molecule has 0 saturated heterocycles. The minimum Gasteiger partial charge on any atom is -0.402 e. The van der Waals surface area contributed by atoms with Gasteiger partial charge in [-0.3, -0.25) is 0 Å². The molecule has 0 spiro atoms. The van der Waals surface area contributed by atoms with Crippen molar-refractivity contribution in [2.75, 3.05) is 0 Å². The zero-order valence-corrected chi connectivity index (χ0v) is 14.7. The van der Waals surface area contributed by atoms with E-state index in [0.717, 1.165) is 0 Å². The van der Waals surface area contributed by atoms with E-state index in [1.54, 1.807) is 27.7 Å². The Hall–Kier alpha value is -0.915. The van der Waals surface area contributed by atoms with E-state index in [0.29, 0.717) is 5.41 Å². The predicted molar refractivity (Wildman–Crippen MR) is 90.1 cm³/mol. The third-order valence-electron chi connectivity index (χ3n) is 3.14. The Morgan fingerprint density at radius 3 is 1.09 bits per heavy atom. The number of rotatable bonds is 1.